The summed E-state index contributed by atoms with van der Waals surface area (Å²) in [6, 6.07) is 29.3. The molecular formula is C28H23Br2NO3. The van der Waals surface area contributed by atoms with Gasteiger partial charge in [0, 0.05) is 10.7 Å². The zero-order valence-corrected chi connectivity index (χ0v) is 21.8. The number of para-hydroxylation sites is 1. The van der Waals surface area contributed by atoms with Crippen molar-refractivity contribution in [2.24, 2.45) is 4.99 Å². The van der Waals surface area contributed by atoms with Crippen LogP contribution in [0, 0.1) is 0 Å². The van der Waals surface area contributed by atoms with Crippen molar-refractivity contribution in [3.63, 3.8) is 0 Å². The van der Waals surface area contributed by atoms with E-state index >= 15 is 0 Å². The number of hydrogen-bond acceptors (Lipinski definition) is 4. The molecule has 0 heterocycles. The Bertz CT molecular complexity index is 1240. The predicted molar refractivity (Wildman–Crippen MR) is 144 cm³/mol. The van der Waals surface area contributed by atoms with Crippen LogP contribution in [0.2, 0.25) is 0 Å². The Morgan fingerprint density at radius 1 is 0.794 bits per heavy atom. The Hall–Kier alpha value is -3.09. The SMILES string of the molecule is CCOc1cc(C=Nc2ccc(Oc3ccccc3)cc2)cc(Br)c1OCc1ccc(Br)cc1. The second-order valence-corrected chi connectivity index (χ2v) is 9.12. The molecule has 0 aliphatic heterocycles. The number of nitrogens with zero attached hydrogens (tertiary/aromatic N) is 1. The maximum atomic E-state index is 6.08. The van der Waals surface area contributed by atoms with Crippen LogP contribution in [0.15, 0.2) is 105 Å². The van der Waals surface area contributed by atoms with Crippen LogP contribution < -0.4 is 14.2 Å². The molecule has 0 saturated heterocycles. The van der Waals surface area contributed by atoms with Crippen LogP contribution in [0.1, 0.15) is 18.1 Å². The van der Waals surface area contributed by atoms with E-state index in [0.717, 1.165) is 37.3 Å². The molecule has 6 heteroatoms. The van der Waals surface area contributed by atoms with Gasteiger partial charge in [-0.05, 0) is 94.6 Å². The van der Waals surface area contributed by atoms with Gasteiger partial charge in [-0.25, -0.2) is 0 Å². The molecule has 0 unspecified atom stereocenters. The molecule has 172 valence electrons. The van der Waals surface area contributed by atoms with Gasteiger partial charge in [-0.3, -0.25) is 4.99 Å². The number of ether oxygens (including phenoxy) is 3. The number of aliphatic imine (C=N–C) groups is 1. The van der Waals surface area contributed by atoms with Gasteiger partial charge in [0.05, 0.1) is 16.8 Å². The topological polar surface area (TPSA) is 40.0 Å². The van der Waals surface area contributed by atoms with Gasteiger partial charge in [-0.2, -0.15) is 0 Å². The molecule has 4 aromatic carbocycles. The molecule has 0 amide bonds. The smallest absolute Gasteiger partial charge is 0.175 e. The largest absolute Gasteiger partial charge is 0.490 e. The molecule has 34 heavy (non-hydrogen) atoms. The summed E-state index contributed by atoms with van der Waals surface area (Å²) < 4.78 is 19.6. The van der Waals surface area contributed by atoms with Crippen LogP contribution in [0.25, 0.3) is 0 Å². The van der Waals surface area contributed by atoms with Crippen LogP contribution >= 0.6 is 31.9 Å². The summed E-state index contributed by atoms with van der Waals surface area (Å²) in [6.07, 6.45) is 1.80. The first-order chi connectivity index (χ1) is 16.6. The quantitative estimate of drug-likeness (QED) is 0.186. The molecule has 0 fully saturated rings. The van der Waals surface area contributed by atoms with E-state index in [9.17, 15) is 0 Å². The minimum atomic E-state index is 0.441. The van der Waals surface area contributed by atoms with Gasteiger partial charge in [-0.1, -0.05) is 46.3 Å². The highest BCUT2D eigenvalue weighted by molar-refractivity contribution is 9.10. The van der Waals surface area contributed by atoms with Gasteiger partial charge < -0.3 is 14.2 Å². The molecule has 0 N–H and O–H groups in total. The summed E-state index contributed by atoms with van der Waals surface area (Å²) in [6.45, 7) is 2.92. The standard InChI is InChI=1S/C28H23Br2NO3/c1-2-32-27-17-21(16-26(30)28(27)33-19-20-8-10-22(29)11-9-20)18-31-23-12-14-25(15-13-23)34-24-6-4-3-5-7-24/h3-18H,2,19H2,1H3. The maximum Gasteiger partial charge on any atom is 0.175 e. The minimum absolute atomic E-state index is 0.441. The van der Waals surface area contributed by atoms with E-state index in [4.69, 9.17) is 14.2 Å². The third-order valence-electron chi connectivity index (χ3n) is 4.81. The minimum Gasteiger partial charge on any atom is -0.490 e. The summed E-state index contributed by atoms with van der Waals surface area (Å²) in [5, 5.41) is 0. The Balaban J connectivity index is 1.46. The Kier molecular flexibility index (Phi) is 8.39. The average Bonchev–Trinajstić information content (AvgIpc) is 2.85. The predicted octanol–water partition coefficient (Wildman–Crippen LogP) is 8.73. The molecule has 0 bridgehead atoms. The lowest BCUT2D eigenvalue weighted by atomic mass is 10.2. The summed E-state index contributed by atoms with van der Waals surface area (Å²) in [5.41, 5.74) is 2.80. The van der Waals surface area contributed by atoms with Gasteiger partial charge in [0.15, 0.2) is 11.5 Å². The van der Waals surface area contributed by atoms with Gasteiger partial charge in [0.25, 0.3) is 0 Å². The molecule has 4 rings (SSSR count). The highest BCUT2D eigenvalue weighted by Gasteiger charge is 2.12. The van der Waals surface area contributed by atoms with Crippen LogP contribution in [0.4, 0.5) is 5.69 Å². The molecule has 0 atom stereocenters. The van der Waals surface area contributed by atoms with Gasteiger partial charge in [0.1, 0.15) is 18.1 Å². The monoisotopic (exact) mass is 579 g/mol. The first-order valence-corrected chi connectivity index (χ1v) is 12.4. The van der Waals surface area contributed by atoms with Crippen molar-refractivity contribution in [1.82, 2.24) is 0 Å². The second kappa shape index (κ2) is 11.9. The van der Waals surface area contributed by atoms with Crippen LogP contribution in [0.3, 0.4) is 0 Å². The molecule has 0 aromatic heterocycles. The normalized spacial score (nSPS) is 10.9. The zero-order chi connectivity index (χ0) is 23.8. The van der Waals surface area contributed by atoms with E-state index in [0.29, 0.717) is 24.7 Å². The van der Waals surface area contributed by atoms with Crippen molar-refractivity contribution in [2.45, 2.75) is 13.5 Å². The van der Waals surface area contributed by atoms with E-state index in [1.807, 2.05) is 97.9 Å². The number of rotatable bonds is 9. The molecular weight excluding hydrogens is 558 g/mol. The lowest BCUT2D eigenvalue weighted by Gasteiger charge is -2.15. The molecule has 4 nitrogen and oxygen atoms in total. The van der Waals surface area contributed by atoms with Crippen LogP contribution in [-0.2, 0) is 6.61 Å². The molecule has 0 aliphatic rings. The molecule has 0 saturated carbocycles. The molecule has 4 aromatic rings. The number of hydrogen-bond donors (Lipinski definition) is 0. The second-order valence-electron chi connectivity index (χ2n) is 7.35. The van der Waals surface area contributed by atoms with Crippen molar-refractivity contribution in [2.75, 3.05) is 6.61 Å². The molecule has 0 spiro atoms. The van der Waals surface area contributed by atoms with E-state index in [2.05, 4.69) is 36.9 Å². The maximum absolute atomic E-state index is 6.08. The van der Waals surface area contributed by atoms with Crippen LogP contribution in [0.5, 0.6) is 23.0 Å². The molecule has 0 radical (unpaired) electrons. The highest BCUT2D eigenvalue weighted by atomic mass is 79.9. The van der Waals surface area contributed by atoms with Gasteiger partial charge >= 0.3 is 0 Å². The van der Waals surface area contributed by atoms with Crippen molar-refractivity contribution >= 4 is 43.8 Å². The Morgan fingerprint density at radius 3 is 2.21 bits per heavy atom. The Morgan fingerprint density at radius 2 is 1.50 bits per heavy atom. The zero-order valence-electron chi connectivity index (χ0n) is 18.6. The number of benzene rings is 4. The fourth-order valence-corrected chi connectivity index (χ4v) is 4.01. The summed E-state index contributed by atoms with van der Waals surface area (Å²) in [4.78, 5) is 4.60. The summed E-state index contributed by atoms with van der Waals surface area (Å²) in [7, 11) is 0. The fraction of sp³-hybridized carbons (Fsp3) is 0.107. The molecule has 0 aliphatic carbocycles. The average molecular weight is 581 g/mol. The van der Waals surface area contributed by atoms with E-state index in [1.54, 1.807) is 6.21 Å². The van der Waals surface area contributed by atoms with Gasteiger partial charge in [-0.15, -0.1) is 0 Å². The van der Waals surface area contributed by atoms with E-state index in [-0.39, 0.29) is 0 Å². The third-order valence-corrected chi connectivity index (χ3v) is 5.92. The van der Waals surface area contributed by atoms with Crippen molar-refractivity contribution in [3.8, 4) is 23.0 Å². The Labute approximate surface area is 216 Å². The highest BCUT2D eigenvalue weighted by Crippen LogP contribution is 2.37. The number of halogens is 2. The summed E-state index contributed by atoms with van der Waals surface area (Å²) >= 11 is 7.08. The lowest BCUT2D eigenvalue weighted by Crippen LogP contribution is -2.01. The van der Waals surface area contributed by atoms with Crippen molar-refractivity contribution in [3.05, 3.63) is 111 Å². The summed E-state index contributed by atoms with van der Waals surface area (Å²) in [5.74, 6) is 2.90. The first kappa shape index (κ1) is 24.0. The van der Waals surface area contributed by atoms with E-state index in [1.165, 1.54) is 0 Å². The van der Waals surface area contributed by atoms with Gasteiger partial charge in [0.2, 0.25) is 0 Å². The van der Waals surface area contributed by atoms with Crippen LogP contribution in [-0.4, -0.2) is 12.8 Å². The first-order valence-electron chi connectivity index (χ1n) is 10.8. The van der Waals surface area contributed by atoms with Crippen molar-refractivity contribution in [1.29, 1.82) is 0 Å². The fourth-order valence-electron chi connectivity index (χ4n) is 3.18. The lowest BCUT2D eigenvalue weighted by molar-refractivity contribution is 0.267. The third kappa shape index (κ3) is 6.72. The van der Waals surface area contributed by atoms with E-state index < -0.39 is 0 Å². The van der Waals surface area contributed by atoms with Crippen molar-refractivity contribution < 1.29 is 14.2 Å².